The fraction of sp³-hybridized carbons (Fsp3) is 0.333. The molecule has 0 radical (unpaired) electrons. The summed E-state index contributed by atoms with van der Waals surface area (Å²) in [6.07, 6.45) is 1.78. The van der Waals surface area contributed by atoms with Crippen LogP contribution < -0.4 is 10.1 Å². The van der Waals surface area contributed by atoms with Gasteiger partial charge in [-0.05, 0) is 30.5 Å². The zero-order valence-electron chi connectivity index (χ0n) is 14.7. The quantitative estimate of drug-likeness (QED) is 0.769. The minimum Gasteiger partial charge on any atom is -0.497 e. The van der Waals surface area contributed by atoms with Crippen molar-refractivity contribution in [2.45, 2.75) is 32.7 Å². The van der Waals surface area contributed by atoms with E-state index in [1.807, 2.05) is 37.3 Å². The van der Waals surface area contributed by atoms with Gasteiger partial charge in [0.15, 0.2) is 5.65 Å². The number of nitriles is 1. The molecule has 0 aliphatic carbocycles. The highest BCUT2D eigenvalue weighted by molar-refractivity contribution is 5.53. The molecule has 0 unspecified atom stereocenters. The second kappa shape index (κ2) is 6.77. The van der Waals surface area contributed by atoms with Crippen LogP contribution in [0.25, 0.3) is 5.65 Å². The molecule has 1 N–H and O–H groups in total. The van der Waals surface area contributed by atoms with Crippen LogP contribution in [-0.4, -0.2) is 26.7 Å². The van der Waals surface area contributed by atoms with Gasteiger partial charge in [0.2, 0.25) is 11.8 Å². The van der Waals surface area contributed by atoms with E-state index in [0.29, 0.717) is 11.6 Å². The molecule has 0 aliphatic rings. The molecule has 1 aromatic carbocycles. The number of ether oxygens (including phenoxy) is 1. The number of hydrogen-bond acceptors (Lipinski definition) is 6. The first-order valence-electron chi connectivity index (χ1n) is 8.09. The normalized spacial score (nSPS) is 12.2. The lowest BCUT2D eigenvalue weighted by Gasteiger charge is -2.16. The zero-order valence-corrected chi connectivity index (χ0v) is 14.7. The van der Waals surface area contributed by atoms with Crippen molar-refractivity contribution in [2.75, 3.05) is 12.4 Å². The van der Waals surface area contributed by atoms with E-state index in [1.165, 1.54) is 0 Å². The second-order valence-corrected chi connectivity index (χ2v) is 6.12. The predicted molar refractivity (Wildman–Crippen MR) is 94.6 cm³/mol. The van der Waals surface area contributed by atoms with Crippen molar-refractivity contribution in [2.24, 2.45) is 0 Å². The van der Waals surface area contributed by atoms with Gasteiger partial charge in [0.25, 0.3) is 0 Å². The Kier molecular flexibility index (Phi) is 4.52. The average molecular weight is 336 g/mol. The summed E-state index contributed by atoms with van der Waals surface area (Å²) < 4.78 is 6.92. The number of rotatable bonds is 5. The highest BCUT2D eigenvalue weighted by atomic mass is 16.5. The van der Waals surface area contributed by atoms with E-state index in [0.717, 1.165) is 16.9 Å². The number of hydrogen-bond donors (Lipinski definition) is 1. The first kappa shape index (κ1) is 16.7. The number of nitrogens with zero attached hydrogens (tertiary/aromatic N) is 5. The molecule has 0 saturated heterocycles. The third kappa shape index (κ3) is 3.24. The summed E-state index contributed by atoms with van der Waals surface area (Å²) in [5.74, 6) is 1.65. The van der Waals surface area contributed by atoms with E-state index in [2.05, 4.69) is 34.2 Å². The lowest BCUT2D eigenvalue weighted by Crippen LogP contribution is -2.14. The van der Waals surface area contributed by atoms with E-state index in [1.54, 1.807) is 17.8 Å². The number of benzene rings is 1. The van der Waals surface area contributed by atoms with E-state index in [9.17, 15) is 5.26 Å². The minimum atomic E-state index is -0.0496. The van der Waals surface area contributed by atoms with Crippen LogP contribution in [0.1, 0.15) is 49.7 Å². The summed E-state index contributed by atoms with van der Waals surface area (Å²) in [6.45, 7) is 6.15. The molecule has 7 heteroatoms. The molecule has 7 nitrogen and oxygen atoms in total. The van der Waals surface area contributed by atoms with Gasteiger partial charge in [-0.2, -0.15) is 24.8 Å². The molecule has 0 aliphatic heterocycles. The Balaban J connectivity index is 2.01. The van der Waals surface area contributed by atoms with Crippen LogP contribution in [0.5, 0.6) is 5.75 Å². The van der Waals surface area contributed by atoms with Crippen molar-refractivity contribution in [3.05, 3.63) is 47.4 Å². The lowest BCUT2D eigenvalue weighted by atomic mass is 10.1. The smallest absolute Gasteiger partial charge is 0.237 e. The topological polar surface area (TPSA) is 88.1 Å². The van der Waals surface area contributed by atoms with Gasteiger partial charge < -0.3 is 10.1 Å². The summed E-state index contributed by atoms with van der Waals surface area (Å²) >= 11 is 0. The maximum absolute atomic E-state index is 9.26. The van der Waals surface area contributed by atoms with Gasteiger partial charge in [-0.25, -0.2) is 0 Å². The molecule has 3 aromatic rings. The molecular weight excluding hydrogens is 316 g/mol. The highest BCUT2D eigenvalue weighted by Crippen LogP contribution is 2.24. The van der Waals surface area contributed by atoms with Crippen LogP contribution in [0, 0.1) is 11.3 Å². The number of anilines is 1. The van der Waals surface area contributed by atoms with Gasteiger partial charge in [-0.3, -0.25) is 0 Å². The Morgan fingerprint density at radius 3 is 2.72 bits per heavy atom. The number of nitrogens with one attached hydrogen (secondary N) is 1. The van der Waals surface area contributed by atoms with Gasteiger partial charge in [0.05, 0.1) is 19.3 Å². The molecule has 2 aromatic heterocycles. The van der Waals surface area contributed by atoms with Crippen molar-refractivity contribution in [1.82, 2.24) is 19.6 Å². The third-order valence-electron chi connectivity index (χ3n) is 4.06. The summed E-state index contributed by atoms with van der Waals surface area (Å²) in [4.78, 5) is 8.60. The van der Waals surface area contributed by atoms with Crippen LogP contribution in [-0.2, 0) is 0 Å². The van der Waals surface area contributed by atoms with Gasteiger partial charge in [-0.15, -0.1) is 0 Å². The highest BCUT2D eigenvalue weighted by Gasteiger charge is 2.17. The van der Waals surface area contributed by atoms with Crippen molar-refractivity contribution in [1.29, 1.82) is 5.26 Å². The second-order valence-electron chi connectivity index (χ2n) is 6.12. The molecule has 0 bridgehead atoms. The molecule has 25 heavy (non-hydrogen) atoms. The first-order valence-corrected chi connectivity index (χ1v) is 8.09. The van der Waals surface area contributed by atoms with Crippen molar-refractivity contribution in [3.63, 3.8) is 0 Å². The third-order valence-corrected chi connectivity index (χ3v) is 4.06. The number of aromatic nitrogens is 4. The molecule has 2 heterocycles. The molecule has 0 amide bonds. The average Bonchev–Trinajstić information content (AvgIpc) is 3.06. The van der Waals surface area contributed by atoms with E-state index >= 15 is 0 Å². The standard InChI is InChI=1S/C18H20N6O/c1-11(2)15-10-20-24-17(15)22-16(9-19)23-18(24)21-12(3)13-6-5-7-14(8-13)25-4/h5-8,10-12H,1-4H3,(H,21,22,23)/t12-/m0/s1. The van der Waals surface area contributed by atoms with E-state index < -0.39 is 0 Å². The Bertz CT molecular complexity index is 940. The van der Waals surface area contributed by atoms with Gasteiger partial charge in [0, 0.05) is 5.56 Å². The molecule has 0 fully saturated rings. The number of methoxy groups -OCH3 is 1. The van der Waals surface area contributed by atoms with Crippen molar-refractivity contribution < 1.29 is 4.74 Å². The summed E-state index contributed by atoms with van der Waals surface area (Å²) in [5.41, 5.74) is 2.68. The maximum atomic E-state index is 9.26. The van der Waals surface area contributed by atoms with Crippen LogP contribution in [0.15, 0.2) is 30.5 Å². The fourth-order valence-electron chi connectivity index (χ4n) is 2.63. The lowest BCUT2D eigenvalue weighted by molar-refractivity contribution is 0.414. The minimum absolute atomic E-state index is 0.0496. The van der Waals surface area contributed by atoms with Gasteiger partial charge in [0.1, 0.15) is 11.8 Å². The monoisotopic (exact) mass is 336 g/mol. The summed E-state index contributed by atoms with van der Waals surface area (Å²) in [7, 11) is 1.64. The Morgan fingerprint density at radius 1 is 1.24 bits per heavy atom. The summed E-state index contributed by atoms with van der Waals surface area (Å²) in [6, 6.07) is 9.78. The molecule has 1 atom stereocenters. The Labute approximate surface area is 146 Å². The SMILES string of the molecule is COc1cccc([C@H](C)Nc2nc(C#N)nc3c(C(C)C)cnn23)c1. The van der Waals surface area contributed by atoms with Crippen LogP contribution in [0.3, 0.4) is 0 Å². The zero-order chi connectivity index (χ0) is 18.0. The number of fused-ring (bicyclic) bond motifs is 1. The van der Waals surface area contributed by atoms with Crippen LogP contribution in [0.2, 0.25) is 0 Å². The fourth-order valence-corrected chi connectivity index (χ4v) is 2.63. The first-order chi connectivity index (χ1) is 12.0. The molecule has 0 spiro atoms. The Morgan fingerprint density at radius 2 is 2.04 bits per heavy atom. The van der Waals surface area contributed by atoms with E-state index in [-0.39, 0.29) is 17.8 Å². The van der Waals surface area contributed by atoms with Crippen LogP contribution >= 0.6 is 0 Å². The maximum Gasteiger partial charge on any atom is 0.237 e. The molecule has 128 valence electrons. The molecular formula is C18H20N6O. The van der Waals surface area contributed by atoms with Crippen LogP contribution in [0.4, 0.5) is 5.95 Å². The van der Waals surface area contributed by atoms with Crippen molar-refractivity contribution in [3.8, 4) is 11.8 Å². The van der Waals surface area contributed by atoms with Crippen molar-refractivity contribution >= 4 is 11.6 Å². The van der Waals surface area contributed by atoms with Gasteiger partial charge >= 0.3 is 0 Å². The van der Waals surface area contributed by atoms with Gasteiger partial charge in [-0.1, -0.05) is 26.0 Å². The molecule has 3 rings (SSSR count). The van der Waals surface area contributed by atoms with E-state index in [4.69, 9.17) is 4.74 Å². The summed E-state index contributed by atoms with van der Waals surface area (Å²) in [5, 5.41) is 17.0. The molecule has 0 saturated carbocycles. The predicted octanol–water partition coefficient (Wildman–Crippen LogP) is 3.30. The largest absolute Gasteiger partial charge is 0.497 e. The Hall–Kier alpha value is -3.14.